The highest BCUT2D eigenvalue weighted by Gasteiger charge is 2.49. The number of ether oxygens (including phenoxy) is 9. The number of carbonyl (C=O) groups is 3. The Morgan fingerprint density at radius 1 is 0.381 bits per heavy atom. The van der Waals surface area contributed by atoms with E-state index < -0.39 is 34.5 Å². The van der Waals surface area contributed by atoms with Crippen LogP contribution in [0.1, 0.15) is 144 Å². The predicted molar refractivity (Wildman–Crippen MR) is 555 cm³/mol. The predicted octanol–water partition coefficient (Wildman–Crippen LogP) is 23.5. The Morgan fingerprint density at radius 3 is 0.925 bits per heavy atom. The summed E-state index contributed by atoms with van der Waals surface area (Å²) in [5.41, 5.74) is 1.40. The lowest BCUT2D eigenvalue weighted by atomic mass is 9.99. The lowest BCUT2D eigenvalue weighted by Crippen LogP contribution is -2.50. The number of aromatic nitrogens is 8. The average molecular weight is 2180 g/mol. The molecule has 8 aliphatic heterocycles. The molecule has 4 unspecified atom stereocenters. The average Bonchev–Trinajstić information content (AvgIpc) is 1.63. The Balaban J connectivity index is 0.000000134. The van der Waals surface area contributed by atoms with Gasteiger partial charge < -0.3 is 104 Å². The second-order valence-corrected chi connectivity index (χ2v) is 41.8. The maximum absolute atomic E-state index is 14.8. The number of hydrogen-bond acceptors (Lipinski definition) is 29. The van der Waals surface area contributed by atoms with E-state index in [0.717, 1.165) is 64.2 Å². The summed E-state index contributed by atoms with van der Waals surface area (Å²) in [5, 5.41) is 56.0. The number of phenols is 1. The molecule has 20 rings (SSSR count). The summed E-state index contributed by atoms with van der Waals surface area (Å²) in [4.78, 5) is 77.9. The quantitative estimate of drug-likeness (QED) is 0.0138. The number of hydrogen-bond donors (Lipinski definition) is 9. The third-order valence-corrected chi connectivity index (χ3v) is 29.5. The van der Waals surface area contributed by atoms with E-state index in [1.54, 1.807) is 42.5 Å². The van der Waals surface area contributed by atoms with Crippen LogP contribution in [0.2, 0.25) is 40.2 Å². The van der Waals surface area contributed by atoms with Gasteiger partial charge in [-0.3, -0.25) is 4.79 Å². The third-order valence-electron chi connectivity index (χ3n) is 26.3. The van der Waals surface area contributed by atoms with Crippen molar-refractivity contribution < 1.29 is 95.0 Å². The summed E-state index contributed by atoms with van der Waals surface area (Å²) in [6.07, 6.45) is 19.1. The molecule has 44 heteroatoms. The van der Waals surface area contributed by atoms with Crippen LogP contribution in [-0.2, 0) is 14.3 Å². The Morgan fingerprint density at radius 2 is 0.646 bits per heavy atom. The van der Waals surface area contributed by atoms with Crippen LogP contribution in [0.25, 0.3) is 43.6 Å². The highest BCUT2D eigenvalue weighted by molar-refractivity contribution is 6.44. The fourth-order valence-corrected chi connectivity index (χ4v) is 21.3. The van der Waals surface area contributed by atoms with Crippen LogP contribution in [-0.4, -0.2) is 217 Å². The molecule has 12 aromatic rings. The summed E-state index contributed by atoms with van der Waals surface area (Å²) >= 11 is 47.5. The molecule has 778 valence electrons. The van der Waals surface area contributed by atoms with Gasteiger partial charge in [0.25, 0.3) is 0 Å². The maximum atomic E-state index is 14.8. The monoisotopic (exact) mass is 2180 g/mol. The molecule has 8 bridgehead atoms. The number of halogens is 12. The van der Waals surface area contributed by atoms with E-state index in [1.807, 2.05) is 56.2 Å². The third kappa shape index (κ3) is 24.8. The number of piperidine rings is 4. The Hall–Kier alpha value is -11.7. The van der Waals surface area contributed by atoms with Gasteiger partial charge in [-0.25, -0.2) is 67.0 Å². The second-order valence-electron chi connectivity index (χ2n) is 38.6. The number of anilines is 8. The van der Waals surface area contributed by atoms with Crippen molar-refractivity contribution in [2.45, 2.75) is 228 Å². The number of carbonyl (C=O) groups excluding carboxylic acids is 3. The number of aromatic hydroxyl groups is 1. The van der Waals surface area contributed by atoms with Crippen molar-refractivity contribution in [2.24, 2.45) is 0 Å². The molecule has 8 saturated heterocycles. The van der Waals surface area contributed by atoms with Crippen molar-refractivity contribution >= 4 is 201 Å². The van der Waals surface area contributed by atoms with Crippen molar-refractivity contribution in [3.8, 4) is 46.0 Å². The first-order chi connectivity index (χ1) is 70.4. The van der Waals surface area contributed by atoms with Crippen molar-refractivity contribution in [1.82, 2.24) is 59.9 Å². The zero-order valence-electron chi connectivity index (χ0n) is 80.5. The van der Waals surface area contributed by atoms with Gasteiger partial charge in [0.2, 0.25) is 5.91 Å². The number of nitrogens with zero attached hydrogens (tertiary/aromatic N) is 11. The van der Waals surface area contributed by atoms with Gasteiger partial charge in [0.1, 0.15) is 104 Å². The molecule has 0 radical (unpaired) electrons. The summed E-state index contributed by atoms with van der Waals surface area (Å²) in [5.74, 6) is 1.49. The first-order valence-electron chi connectivity index (χ1n) is 48.0. The van der Waals surface area contributed by atoms with E-state index in [1.165, 1.54) is 86.0 Å². The lowest BCUT2D eigenvalue weighted by Gasteiger charge is -2.39. The molecule has 147 heavy (non-hydrogen) atoms. The number of aliphatic hydroxyl groups is 3. The van der Waals surface area contributed by atoms with E-state index in [0.29, 0.717) is 152 Å². The maximum Gasteiger partial charge on any atom is 0.410 e. The number of nitrogens with one attached hydrogen (secondary N) is 5. The standard InChI is InChI=1S/C28H31Cl2FN4O5.C26H27Cl2FN4O4.C26H25Cl2FN4O4.C23H23Cl2FN4O3/c1-28(2,3)40-27(37)35-15-4-5-16(35)11-17(10-15)39-23-12-18-21(13-22(23)38-9-8-36)32-14-33-26(18)34-20-7-6-19(29)24(30)25(20)31;1-26(2,3)37-25(35)33-13-4-5-14(33)9-15(8-13)36-21-10-16-19(11-20(21)34)30-12-31-24(16)32-18-7-6-17(27)22(28)23(18)29;1-2-23(35)33-14-3-4-15(33)10-16(9-14)37-22-11-17-20(12-21(22)36-8-7-34)30-13-31-26(17)32-19-6-5-18(27)24(28)25(19)29;24-16-3-4-17(22(26)21(16)25)30-23-15-9-20(33-14-7-12-1-2-13(8-14)29-12)19(32-6-5-31)10-18(15)27-11-28-23/h6-7,12-17,36H,4-5,8-11H2,1-3H3,(H,32,33,34);6-7,10-15,34H,4-5,8-9H2,1-3H3,(H,30,31,32);2,5-6,11-16,34H,1,3-4,7-10H2,(H,30,31,32);3-4,9-14,29,31H,1-2,5-8H2,(H,27,28,30)/t15-,16+,17?;13-,14+,15?;14-,15+,16?;12-,13+,14?. The second kappa shape index (κ2) is 46.2. The molecule has 8 aliphatic rings. The van der Waals surface area contributed by atoms with E-state index >= 15 is 0 Å². The van der Waals surface area contributed by atoms with Crippen LogP contribution in [0.5, 0.6) is 46.0 Å². The number of aliphatic hydroxyl groups excluding tert-OH is 3. The molecule has 0 spiro atoms. The first-order valence-corrected chi connectivity index (χ1v) is 51.0. The van der Waals surface area contributed by atoms with Crippen LogP contribution < -0.4 is 59.7 Å². The van der Waals surface area contributed by atoms with E-state index in [4.69, 9.17) is 135 Å². The van der Waals surface area contributed by atoms with Gasteiger partial charge in [0, 0.05) is 133 Å². The zero-order valence-corrected chi connectivity index (χ0v) is 86.5. The Kier molecular flexibility index (Phi) is 33.5. The molecule has 12 atom stereocenters. The van der Waals surface area contributed by atoms with Crippen molar-refractivity contribution in [3.63, 3.8) is 0 Å². The van der Waals surface area contributed by atoms with Gasteiger partial charge in [-0.15, -0.1) is 0 Å². The summed E-state index contributed by atoms with van der Waals surface area (Å²) < 4.78 is 113. The van der Waals surface area contributed by atoms with Crippen LogP contribution in [0.3, 0.4) is 0 Å². The number of fused-ring (bicyclic) bond motifs is 12. The van der Waals surface area contributed by atoms with Crippen molar-refractivity contribution in [3.05, 3.63) is 198 Å². The molecular formula is C103H106Cl8F4N16O16. The van der Waals surface area contributed by atoms with Crippen molar-refractivity contribution in [1.29, 1.82) is 0 Å². The van der Waals surface area contributed by atoms with Crippen molar-refractivity contribution in [2.75, 3.05) is 60.9 Å². The molecule has 8 aromatic carbocycles. The fourth-order valence-electron chi connectivity index (χ4n) is 20.0. The largest absolute Gasteiger partial charge is 0.504 e. The summed E-state index contributed by atoms with van der Waals surface area (Å²) in [6.45, 7) is 14.6. The minimum absolute atomic E-state index is 0.0130. The van der Waals surface area contributed by atoms with Gasteiger partial charge >= 0.3 is 12.2 Å². The highest BCUT2D eigenvalue weighted by atomic mass is 35.5. The Labute approximate surface area is 883 Å². The van der Waals surface area contributed by atoms with Crippen LogP contribution in [0, 0.1) is 23.3 Å². The zero-order chi connectivity index (χ0) is 104. The molecule has 0 saturated carbocycles. The number of phenolic OH excluding ortho intramolecular Hbond substituents is 1. The highest BCUT2D eigenvalue weighted by Crippen LogP contribution is 2.49. The molecule has 3 amide bonds. The number of amides is 3. The van der Waals surface area contributed by atoms with Gasteiger partial charge in [0.05, 0.1) is 105 Å². The summed E-state index contributed by atoms with van der Waals surface area (Å²) in [7, 11) is 0. The molecule has 32 nitrogen and oxygen atoms in total. The molecule has 4 aromatic heterocycles. The smallest absolute Gasteiger partial charge is 0.410 e. The van der Waals surface area contributed by atoms with Gasteiger partial charge in [-0.05, 0) is 185 Å². The molecular weight excluding hydrogens is 2080 g/mol. The van der Waals surface area contributed by atoms with Gasteiger partial charge in [-0.2, -0.15) is 0 Å². The molecule has 12 heterocycles. The van der Waals surface area contributed by atoms with E-state index in [-0.39, 0.29) is 193 Å². The fraction of sp³-hybridized carbons (Fsp3) is 0.408. The molecule has 0 aliphatic carbocycles. The minimum Gasteiger partial charge on any atom is -0.504 e. The summed E-state index contributed by atoms with van der Waals surface area (Å²) in [6, 6.07) is 26.6. The van der Waals surface area contributed by atoms with Gasteiger partial charge in [-0.1, -0.05) is 99.4 Å². The van der Waals surface area contributed by atoms with E-state index in [2.05, 4.69) is 73.0 Å². The first kappa shape index (κ1) is 107. The minimum atomic E-state index is -0.705. The topological polar surface area (TPSA) is 388 Å². The normalized spacial score (nSPS) is 21.0. The Bertz CT molecular complexity index is 6880. The van der Waals surface area contributed by atoms with Gasteiger partial charge in [0.15, 0.2) is 69.3 Å². The van der Waals surface area contributed by atoms with Crippen LogP contribution in [0.15, 0.2) is 135 Å². The van der Waals surface area contributed by atoms with Crippen LogP contribution >= 0.6 is 92.8 Å². The molecule has 9 N–H and O–H groups in total. The molecule has 8 fully saturated rings. The SMILES string of the molecule is C=CC(=O)N1[C@@H]2CC[C@H]1CC(Oc1cc3c(Nc4ccc(Cl)c(Cl)c4F)ncnc3cc1OCCO)C2.CC(C)(C)OC(=O)N1[C@@H]2CC[C@H]1CC(Oc1cc3c(Nc4ccc(Cl)c(Cl)c4F)ncnc3cc1O)C2.CC(C)(C)OC(=O)N1[C@@H]2CC[C@H]1CC(Oc1cc3c(Nc4ccc(Cl)c(Cl)c4F)ncnc3cc1OCCO)C2.OCCOc1cc2ncnc(Nc3ccc(Cl)c(Cl)c3F)c2cc1OC1C[C@H]2CC[C@@H](C1)N2. The number of benzene rings is 8. The number of rotatable bonds is 26. The van der Waals surface area contributed by atoms with Crippen LogP contribution in [0.4, 0.5) is 73.2 Å². The van der Waals surface area contributed by atoms with E-state index in [9.17, 15) is 52.4 Å². The lowest BCUT2D eigenvalue weighted by molar-refractivity contribution is -0.131.